The molecule has 0 saturated heterocycles. The molecule has 0 bridgehead atoms. The van der Waals surface area contributed by atoms with Crippen LogP contribution in [0.2, 0.25) is 0 Å². The third-order valence-electron chi connectivity index (χ3n) is 5.00. The molecule has 31 heavy (non-hydrogen) atoms. The zero-order chi connectivity index (χ0) is 21.6. The summed E-state index contributed by atoms with van der Waals surface area (Å²) in [7, 11) is 1.65. The molecular weight excluding hydrogens is 406 g/mol. The van der Waals surface area contributed by atoms with Crippen LogP contribution in [0.5, 0.6) is 17.2 Å². The molecule has 0 spiro atoms. The monoisotopic (exact) mass is 430 g/mol. The zero-order valence-electron chi connectivity index (χ0n) is 17.1. The number of nitrogens with zero attached hydrogens (tertiary/aromatic N) is 2. The summed E-state index contributed by atoms with van der Waals surface area (Å²) in [5, 5.41) is 6.37. The van der Waals surface area contributed by atoms with E-state index in [1.165, 1.54) is 11.8 Å². The second-order valence-electron chi connectivity index (χ2n) is 7.02. The molecule has 2 heterocycles. The fraction of sp³-hybridized carbons (Fsp3) is 0.318. The van der Waals surface area contributed by atoms with Gasteiger partial charge in [0.05, 0.1) is 0 Å². The van der Waals surface area contributed by atoms with Gasteiger partial charge in [0.1, 0.15) is 5.75 Å². The van der Waals surface area contributed by atoms with Crippen LogP contribution >= 0.6 is 0 Å². The van der Waals surface area contributed by atoms with E-state index in [9.17, 15) is 8.78 Å². The molecular formula is C22H24F2N4O3. The van der Waals surface area contributed by atoms with E-state index in [2.05, 4.69) is 49.5 Å². The normalized spacial score (nSPS) is 15.0. The molecule has 9 heteroatoms. The van der Waals surface area contributed by atoms with Crippen molar-refractivity contribution in [3.63, 3.8) is 0 Å². The number of alkyl halides is 2. The van der Waals surface area contributed by atoms with Gasteiger partial charge in [0.25, 0.3) is 0 Å². The third kappa shape index (κ3) is 5.17. The first-order valence-electron chi connectivity index (χ1n) is 9.93. The number of aliphatic imine (C=N–C) groups is 1. The first-order valence-corrected chi connectivity index (χ1v) is 9.93. The van der Waals surface area contributed by atoms with Crippen LogP contribution in [-0.2, 0) is 13.1 Å². The molecule has 0 aromatic heterocycles. The summed E-state index contributed by atoms with van der Waals surface area (Å²) in [6.45, 7) is -0.267. The fourth-order valence-electron chi connectivity index (χ4n) is 3.45. The molecule has 0 radical (unpaired) electrons. The average molecular weight is 430 g/mol. The average Bonchev–Trinajstić information content (AvgIpc) is 3.45. The van der Waals surface area contributed by atoms with Crippen molar-refractivity contribution >= 4 is 11.6 Å². The van der Waals surface area contributed by atoms with E-state index in [-0.39, 0.29) is 19.1 Å². The predicted octanol–water partition coefficient (Wildman–Crippen LogP) is 3.26. The van der Waals surface area contributed by atoms with Crippen LogP contribution in [0, 0.1) is 0 Å². The minimum atomic E-state index is -2.94. The standard InChI is InChI=1S/C22H24F2N4O3/c1-25-22(26-12-15-5-4-6-17(9-15)28-7-2-3-8-28)27-13-16-10-19-20(30-14-29-19)11-18(16)31-21(23)24/h2-6,9-11,21H,7-8,12-14H2,1H3,(H2,25,26,27). The van der Waals surface area contributed by atoms with Crippen molar-refractivity contribution in [2.45, 2.75) is 19.7 Å². The number of guanidine groups is 1. The van der Waals surface area contributed by atoms with Gasteiger partial charge in [-0.25, -0.2) is 0 Å². The molecule has 0 atom stereocenters. The molecule has 2 N–H and O–H groups in total. The summed E-state index contributed by atoms with van der Waals surface area (Å²) in [5.41, 5.74) is 2.79. The van der Waals surface area contributed by atoms with E-state index in [0.29, 0.717) is 29.6 Å². The Kier molecular flexibility index (Phi) is 6.40. The number of benzene rings is 2. The van der Waals surface area contributed by atoms with Gasteiger partial charge in [-0.1, -0.05) is 24.3 Å². The van der Waals surface area contributed by atoms with E-state index in [4.69, 9.17) is 9.47 Å². The van der Waals surface area contributed by atoms with E-state index in [1.807, 2.05) is 12.1 Å². The first kappa shape index (κ1) is 20.8. The molecule has 0 aliphatic carbocycles. The number of halogens is 2. The van der Waals surface area contributed by atoms with Crippen molar-refractivity contribution < 1.29 is 23.0 Å². The number of hydrogen-bond donors (Lipinski definition) is 2. The molecule has 0 saturated carbocycles. The SMILES string of the molecule is CN=C(NCc1cccc(N2CC=CC2)c1)NCc1cc2c(cc1OC(F)F)OCO2. The molecule has 164 valence electrons. The molecule has 0 amide bonds. The Morgan fingerprint density at radius 2 is 1.84 bits per heavy atom. The number of ether oxygens (including phenoxy) is 3. The Bertz CT molecular complexity index is 973. The lowest BCUT2D eigenvalue weighted by molar-refractivity contribution is -0.0505. The summed E-state index contributed by atoms with van der Waals surface area (Å²) in [6, 6.07) is 11.4. The highest BCUT2D eigenvalue weighted by Crippen LogP contribution is 2.38. The van der Waals surface area contributed by atoms with E-state index < -0.39 is 6.61 Å². The van der Waals surface area contributed by atoms with Crippen molar-refractivity contribution in [3.05, 3.63) is 59.7 Å². The Morgan fingerprint density at radius 1 is 1.10 bits per heavy atom. The largest absolute Gasteiger partial charge is 0.454 e. The van der Waals surface area contributed by atoms with Gasteiger partial charge in [0.2, 0.25) is 6.79 Å². The minimum Gasteiger partial charge on any atom is -0.454 e. The summed E-state index contributed by atoms with van der Waals surface area (Å²) in [4.78, 5) is 6.49. The van der Waals surface area contributed by atoms with Gasteiger partial charge in [-0.05, 0) is 23.8 Å². The van der Waals surface area contributed by atoms with E-state index >= 15 is 0 Å². The number of hydrogen-bond acceptors (Lipinski definition) is 5. The molecule has 2 aliphatic rings. The smallest absolute Gasteiger partial charge is 0.387 e. The molecule has 0 unspecified atom stereocenters. The fourth-order valence-corrected chi connectivity index (χ4v) is 3.45. The summed E-state index contributed by atoms with van der Waals surface area (Å²) < 4.78 is 40.9. The summed E-state index contributed by atoms with van der Waals surface area (Å²) >= 11 is 0. The lowest BCUT2D eigenvalue weighted by atomic mass is 10.1. The summed E-state index contributed by atoms with van der Waals surface area (Å²) in [5.74, 6) is 1.45. The first-order chi connectivity index (χ1) is 15.1. The van der Waals surface area contributed by atoms with Gasteiger partial charge in [0.15, 0.2) is 17.5 Å². The third-order valence-corrected chi connectivity index (χ3v) is 5.00. The van der Waals surface area contributed by atoms with Crippen molar-refractivity contribution in [2.24, 2.45) is 4.99 Å². The highest BCUT2D eigenvalue weighted by molar-refractivity contribution is 5.79. The molecule has 4 rings (SSSR count). The van der Waals surface area contributed by atoms with Gasteiger partial charge in [-0.3, -0.25) is 4.99 Å². The Balaban J connectivity index is 1.37. The summed E-state index contributed by atoms with van der Waals surface area (Å²) in [6.07, 6.45) is 4.30. The maximum atomic E-state index is 12.8. The van der Waals surface area contributed by atoms with Gasteiger partial charge >= 0.3 is 6.61 Å². The van der Waals surface area contributed by atoms with Gasteiger partial charge in [-0.2, -0.15) is 8.78 Å². The van der Waals surface area contributed by atoms with Gasteiger partial charge in [-0.15, -0.1) is 0 Å². The molecule has 2 aliphatic heterocycles. The van der Waals surface area contributed by atoms with Crippen molar-refractivity contribution in [2.75, 3.05) is 31.8 Å². The number of nitrogens with one attached hydrogen (secondary N) is 2. The van der Waals surface area contributed by atoms with Crippen LogP contribution in [-0.4, -0.2) is 39.5 Å². The second kappa shape index (κ2) is 9.55. The molecule has 2 aromatic rings. The van der Waals surface area contributed by atoms with Crippen molar-refractivity contribution in [3.8, 4) is 17.2 Å². The van der Waals surface area contributed by atoms with Gasteiger partial charge < -0.3 is 29.7 Å². The predicted molar refractivity (Wildman–Crippen MR) is 114 cm³/mol. The number of fused-ring (bicyclic) bond motifs is 1. The van der Waals surface area contributed by atoms with Crippen molar-refractivity contribution in [1.29, 1.82) is 0 Å². The Morgan fingerprint density at radius 3 is 2.58 bits per heavy atom. The topological polar surface area (TPSA) is 67.4 Å². The highest BCUT2D eigenvalue weighted by Gasteiger charge is 2.20. The molecule has 0 fully saturated rings. The van der Waals surface area contributed by atoms with E-state index in [0.717, 1.165) is 18.7 Å². The molecule has 7 nitrogen and oxygen atoms in total. The van der Waals surface area contributed by atoms with Crippen molar-refractivity contribution in [1.82, 2.24) is 10.6 Å². The lowest BCUT2D eigenvalue weighted by Crippen LogP contribution is -2.36. The molecule has 2 aromatic carbocycles. The maximum absolute atomic E-state index is 12.8. The maximum Gasteiger partial charge on any atom is 0.387 e. The van der Waals surface area contributed by atoms with Crippen LogP contribution in [0.15, 0.2) is 53.5 Å². The zero-order valence-corrected chi connectivity index (χ0v) is 17.1. The van der Waals surface area contributed by atoms with Crippen LogP contribution in [0.1, 0.15) is 11.1 Å². The quantitative estimate of drug-likeness (QED) is 0.399. The van der Waals surface area contributed by atoms with Crippen LogP contribution < -0.4 is 29.7 Å². The lowest BCUT2D eigenvalue weighted by Gasteiger charge is -2.19. The second-order valence-corrected chi connectivity index (χ2v) is 7.02. The number of rotatable bonds is 7. The van der Waals surface area contributed by atoms with Crippen LogP contribution in [0.4, 0.5) is 14.5 Å². The highest BCUT2D eigenvalue weighted by atomic mass is 19.3. The van der Waals surface area contributed by atoms with Crippen LogP contribution in [0.3, 0.4) is 0 Å². The van der Waals surface area contributed by atoms with Gasteiger partial charge in [0, 0.05) is 50.5 Å². The van der Waals surface area contributed by atoms with E-state index in [1.54, 1.807) is 13.1 Å². The Labute approximate surface area is 179 Å². The Hall–Kier alpha value is -3.49. The minimum absolute atomic E-state index is 0.0362. The number of anilines is 1. The van der Waals surface area contributed by atoms with Crippen LogP contribution in [0.25, 0.3) is 0 Å².